The zero-order chi connectivity index (χ0) is 22.1. The van der Waals surface area contributed by atoms with Gasteiger partial charge in [-0.2, -0.15) is 4.31 Å². The van der Waals surface area contributed by atoms with Crippen LogP contribution < -0.4 is 10.1 Å². The maximum atomic E-state index is 12.9. The maximum absolute atomic E-state index is 12.9. The first kappa shape index (κ1) is 23.4. The number of ether oxygens (including phenoxy) is 1. The molecule has 0 radical (unpaired) electrons. The zero-order valence-electron chi connectivity index (χ0n) is 15.8. The predicted octanol–water partition coefficient (Wildman–Crippen LogP) is 5.35. The minimum Gasteiger partial charge on any atom is -0.495 e. The molecule has 0 unspecified atom stereocenters. The molecule has 2 aromatic carbocycles. The van der Waals surface area contributed by atoms with Crippen LogP contribution in [0.4, 0.5) is 5.69 Å². The van der Waals surface area contributed by atoms with Gasteiger partial charge in [0.2, 0.25) is 15.9 Å². The first-order valence-electron chi connectivity index (χ1n) is 8.92. The van der Waals surface area contributed by atoms with Crippen molar-refractivity contribution in [1.29, 1.82) is 0 Å². The standard InChI is InChI=1S/C19H18Cl4N2O4S/c1-29-18-3-2-12(8-16(18)23)30(27,28)25-6-4-11(5-7-25)19(26)24-17-10-14(21)13(20)9-15(17)22/h2-3,8-11H,4-7H2,1H3,(H,24,26). The lowest BCUT2D eigenvalue weighted by Crippen LogP contribution is -2.41. The molecule has 2 aromatic rings. The van der Waals surface area contributed by atoms with Crippen molar-refractivity contribution in [3.05, 3.63) is 50.4 Å². The van der Waals surface area contributed by atoms with E-state index in [1.165, 1.54) is 41.7 Å². The van der Waals surface area contributed by atoms with Crippen LogP contribution >= 0.6 is 46.4 Å². The van der Waals surface area contributed by atoms with Gasteiger partial charge in [0.1, 0.15) is 5.75 Å². The molecular weight excluding hydrogens is 494 g/mol. The second-order valence-electron chi connectivity index (χ2n) is 6.71. The number of hydrogen-bond donors (Lipinski definition) is 1. The van der Waals surface area contributed by atoms with E-state index >= 15 is 0 Å². The van der Waals surface area contributed by atoms with E-state index in [0.29, 0.717) is 24.3 Å². The maximum Gasteiger partial charge on any atom is 0.243 e. The minimum atomic E-state index is -3.73. The lowest BCUT2D eigenvalue weighted by Gasteiger charge is -2.30. The smallest absolute Gasteiger partial charge is 0.243 e. The Hall–Kier alpha value is -1.22. The summed E-state index contributed by atoms with van der Waals surface area (Å²) >= 11 is 24.0. The summed E-state index contributed by atoms with van der Waals surface area (Å²) < 4.78 is 32.2. The molecule has 0 bridgehead atoms. The highest BCUT2D eigenvalue weighted by molar-refractivity contribution is 7.89. The summed E-state index contributed by atoms with van der Waals surface area (Å²) in [4.78, 5) is 12.7. The van der Waals surface area contributed by atoms with Gasteiger partial charge >= 0.3 is 0 Å². The van der Waals surface area contributed by atoms with Gasteiger partial charge in [-0.15, -0.1) is 0 Å². The Morgan fingerprint density at radius 3 is 2.23 bits per heavy atom. The number of carbonyl (C=O) groups excluding carboxylic acids is 1. The van der Waals surface area contributed by atoms with Crippen LogP contribution in [0.5, 0.6) is 5.75 Å². The highest BCUT2D eigenvalue weighted by atomic mass is 35.5. The Balaban J connectivity index is 1.66. The number of rotatable bonds is 5. The van der Waals surface area contributed by atoms with Gasteiger partial charge in [0.25, 0.3) is 0 Å². The van der Waals surface area contributed by atoms with Crippen molar-refractivity contribution in [2.24, 2.45) is 5.92 Å². The minimum absolute atomic E-state index is 0.0822. The SMILES string of the molecule is COc1ccc(S(=O)(=O)N2CCC(C(=O)Nc3cc(Cl)c(Cl)cc3Cl)CC2)cc1Cl. The number of amides is 1. The molecular formula is C19H18Cl4N2O4S. The van der Waals surface area contributed by atoms with E-state index in [0.717, 1.165) is 0 Å². The monoisotopic (exact) mass is 510 g/mol. The molecule has 30 heavy (non-hydrogen) atoms. The fourth-order valence-electron chi connectivity index (χ4n) is 3.17. The van der Waals surface area contributed by atoms with Crippen molar-refractivity contribution in [2.45, 2.75) is 17.7 Å². The van der Waals surface area contributed by atoms with Crippen LogP contribution in [0.2, 0.25) is 20.1 Å². The second-order valence-corrected chi connectivity index (χ2v) is 10.3. The third-order valence-electron chi connectivity index (χ3n) is 4.85. The molecule has 1 aliphatic rings. The Morgan fingerprint density at radius 2 is 1.63 bits per heavy atom. The fourth-order valence-corrected chi connectivity index (χ4v) is 5.58. The van der Waals surface area contributed by atoms with Gasteiger partial charge in [-0.1, -0.05) is 46.4 Å². The fraction of sp³-hybridized carbons (Fsp3) is 0.316. The number of hydrogen-bond acceptors (Lipinski definition) is 4. The molecule has 0 saturated carbocycles. The molecule has 1 amide bonds. The highest BCUT2D eigenvalue weighted by Crippen LogP contribution is 2.34. The lowest BCUT2D eigenvalue weighted by atomic mass is 9.97. The van der Waals surface area contributed by atoms with Crippen LogP contribution in [0, 0.1) is 5.92 Å². The van der Waals surface area contributed by atoms with Gasteiger partial charge in [0.15, 0.2) is 0 Å². The first-order valence-corrected chi connectivity index (χ1v) is 11.9. The number of sulfonamides is 1. The zero-order valence-corrected chi connectivity index (χ0v) is 19.6. The van der Waals surface area contributed by atoms with Gasteiger partial charge in [0.05, 0.1) is 37.8 Å². The van der Waals surface area contributed by atoms with Crippen molar-refractivity contribution in [3.63, 3.8) is 0 Å². The first-order chi connectivity index (χ1) is 14.1. The average Bonchev–Trinajstić information content (AvgIpc) is 2.72. The van der Waals surface area contributed by atoms with Crippen molar-refractivity contribution in [1.82, 2.24) is 4.31 Å². The number of anilines is 1. The summed E-state index contributed by atoms with van der Waals surface area (Å²) in [5.41, 5.74) is 0.360. The molecule has 3 rings (SSSR count). The number of carbonyl (C=O) groups is 1. The molecule has 1 fully saturated rings. The van der Waals surface area contributed by atoms with Crippen LogP contribution in [-0.4, -0.2) is 38.8 Å². The quantitative estimate of drug-likeness (QED) is 0.549. The molecule has 1 aliphatic heterocycles. The third-order valence-corrected chi connectivity index (χ3v) is 8.08. The van der Waals surface area contributed by atoms with E-state index < -0.39 is 10.0 Å². The molecule has 0 aliphatic carbocycles. The van der Waals surface area contributed by atoms with Crippen molar-refractivity contribution in [3.8, 4) is 5.75 Å². The molecule has 1 heterocycles. The van der Waals surface area contributed by atoms with Gasteiger partial charge in [-0.3, -0.25) is 4.79 Å². The van der Waals surface area contributed by atoms with E-state index in [1.807, 2.05) is 0 Å². The summed E-state index contributed by atoms with van der Waals surface area (Å²) in [6.45, 7) is 0.415. The number of benzene rings is 2. The predicted molar refractivity (Wildman–Crippen MR) is 120 cm³/mol. The average molecular weight is 512 g/mol. The summed E-state index contributed by atoms with van der Waals surface area (Å²) in [6.07, 6.45) is 0.738. The summed E-state index contributed by atoms with van der Waals surface area (Å²) in [6, 6.07) is 7.26. The third kappa shape index (κ3) is 4.98. The molecule has 1 N–H and O–H groups in total. The number of nitrogens with zero attached hydrogens (tertiary/aromatic N) is 1. The molecule has 0 spiro atoms. The number of nitrogens with one attached hydrogen (secondary N) is 1. The molecule has 6 nitrogen and oxygen atoms in total. The lowest BCUT2D eigenvalue weighted by molar-refractivity contribution is -0.120. The largest absolute Gasteiger partial charge is 0.495 e. The van der Waals surface area contributed by atoms with Crippen LogP contribution in [0.3, 0.4) is 0 Å². The molecule has 1 saturated heterocycles. The van der Waals surface area contributed by atoms with Crippen LogP contribution in [0.1, 0.15) is 12.8 Å². The van der Waals surface area contributed by atoms with Gasteiger partial charge in [0, 0.05) is 19.0 Å². The van der Waals surface area contributed by atoms with Crippen molar-refractivity contribution < 1.29 is 17.9 Å². The van der Waals surface area contributed by atoms with E-state index in [9.17, 15) is 13.2 Å². The Bertz CT molecular complexity index is 1070. The number of piperidine rings is 1. The van der Waals surface area contributed by atoms with Gasteiger partial charge in [-0.25, -0.2) is 8.42 Å². The van der Waals surface area contributed by atoms with Crippen molar-refractivity contribution >= 4 is 68.0 Å². The summed E-state index contributed by atoms with van der Waals surface area (Å²) in [7, 11) is -2.27. The Kier molecular flexibility index (Phi) is 7.43. The van der Waals surface area contributed by atoms with Crippen LogP contribution in [0.25, 0.3) is 0 Å². The van der Waals surface area contributed by atoms with Gasteiger partial charge in [-0.05, 0) is 43.2 Å². The Morgan fingerprint density at radius 1 is 1.00 bits per heavy atom. The number of halogens is 4. The van der Waals surface area contributed by atoms with E-state index in [1.54, 1.807) is 0 Å². The normalized spacial score (nSPS) is 15.8. The topological polar surface area (TPSA) is 75.7 Å². The van der Waals surface area contributed by atoms with E-state index in [-0.39, 0.29) is 49.9 Å². The van der Waals surface area contributed by atoms with Crippen LogP contribution in [0.15, 0.2) is 35.2 Å². The van der Waals surface area contributed by atoms with E-state index in [2.05, 4.69) is 5.32 Å². The molecule has 162 valence electrons. The highest BCUT2D eigenvalue weighted by Gasteiger charge is 2.32. The molecule has 0 atom stereocenters. The van der Waals surface area contributed by atoms with E-state index in [4.69, 9.17) is 51.1 Å². The van der Waals surface area contributed by atoms with Gasteiger partial charge < -0.3 is 10.1 Å². The summed E-state index contributed by atoms with van der Waals surface area (Å²) in [5, 5.41) is 3.79. The molecule has 11 heteroatoms. The Labute approximate surface area is 195 Å². The number of methoxy groups -OCH3 is 1. The van der Waals surface area contributed by atoms with Crippen molar-refractivity contribution in [2.75, 3.05) is 25.5 Å². The van der Waals surface area contributed by atoms with Crippen LogP contribution in [-0.2, 0) is 14.8 Å². The molecule has 0 aromatic heterocycles. The second kappa shape index (κ2) is 9.51. The summed E-state index contributed by atoms with van der Waals surface area (Å²) in [5.74, 6) is -0.215.